The molecule has 30 heavy (non-hydrogen) atoms. The van der Waals surface area contributed by atoms with Gasteiger partial charge in [0.1, 0.15) is 0 Å². The summed E-state index contributed by atoms with van der Waals surface area (Å²) in [7, 11) is 0. The second kappa shape index (κ2) is 8.35. The van der Waals surface area contributed by atoms with Gasteiger partial charge in [-0.25, -0.2) is 9.29 Å². The molecule has 0 fully saturated rings. The van der Waals surface area contributed by atoms with Crippen molar-refractivity contribution >= 4 is 69.6 Å². The van der Waals surface area contributed by atoms with E-state index in [0.29, 0.717) is 23.1 Å². The summed E-state index contributed by atoms with van der Waals surface area (Å²) in [6.07, 6.45) is 1.64. The Bertz CT molecular complexity index is 1150. The number of amides is 2. The Balaban J connectivity index is 0.000000146. The number of nitrogens with zero attached hydrogens (tertiary/aromatic N) is 2. The lowest BCUT2D eigenvalue weighted by molar-refractivity contribution is 0.0777. The third-order valence-electron chi connectivity index (χ3n) is 4.10. The summed E-state index contributed by atoms with van der Waals surface area (Å²) in [5.41, 5.74) is 2.64. The molecule has 0 radical (unpaired) electrons. The molecule has 0 aliphatic carbocycles. The number of fused-ring (bicyclic) bond motifs is 2. The molecule has 0 unspecified atom stereocenters. The van der Waals surface area contributed by atoms with Crippen LogP contribution >= 0.6 is 46.8 Å². The molecule has 0 spiro atoms. The molecule has 0 bridgehead atoms. The van der Waals surface area contributed by atoms with Gasteiger partial charge in [-0.05, 0) is 36.4 Å². The normalized spacial score (nSPS) is 13.4. The van der Waals surface area contributed by atoms with E-state index in [0.717, 1.165) is 26.9 Å². The molecule has 1 N–H and O–H groups in total. The number of imidazole rings is 1. The molecular formula is C20H12Cl3N3O3S. The van der Waals surface area contributed by atoms with Crippen LogP contribution in [0, 0.1) is 0 Å². The number of H-pyrrole nitrogens is 1. The van der Waals surface area contributed by atoms with E-state index in [1.165, 1.54) is 0 Å². The van der Waals surface area contributed by atoms with E-state index in [-0.39, 0.29) is 0 Å². The fourth-order valence-electron chi connectivity index (χ4n) is 2.84. The lowest BCUT2D eigenvalue weighted by atomic mass is 10.1. The minimum atomic E-state index is -1.74. The minimum Gasteiger partial charge on any atom is -0.461 e. The van der Waals surface area contributed by atoms with Crippen LogP contribution in [0.1, 0.15) is 20.7 Å². The second-order valence-electron chi connectivity index (χ2n) is 6.07. The van der Waals surface area contributed by atoms with Crippen LogP contribution in [0.5, 0.6) is 0 Å². The van der Waals surface area contributed by atoms with Crippen LogP contribution in [0.25, 0.3) is 22.6 Å². The van der Waals surface area contributed by atoms with Crippen molar-refractivity contribution < 1.29 is 14.0 Å². The van der Waals surface area contributed by atoms with Gasteiger partial charge in [0.25, 0.3) is 14.9 Å². The van der Waals surface area contributed by atoms with Gasteiger partial charge in [-0.1, -0.05) is 59.1 Å². The largest absolute Gasteiger partial charge is 0.461 e. The number of benzene rings is 2. The monoisotopic (exact) mass is 479 g/mol. The average Bonchev–Trinajstić information content (AvgIpc) is 3.44. The maximum absolute atomic E-state index is 11.8. The highest BCUT2D eigenvalue weighted by atomic mass is 35.6. The number of aromatic amines is 1. The number of rotatable bonds is 2. The Morgan fingerprint density at radius 1 is 0.900 bits per heavy atom. The number of carbonyl (C=O) groups is 2. The first-order chi connectivity index (χ1) is 14.3. The van der Waals surface area contributed by atoms with Gasteiger partial charge in [-0.15, -0.1) is 0 Å². The van der Waals surface area contributed by atoms with Crippen molar-refractivity contribution in [2.75, 3.05) is 0 Å². The maximum Gasteiger partial charge on any atom is 0.271 e. The van der Waals surface area contributed by atoms with Crippen molar-refractivity contribution in [3.8, 4) is 11.6 Å². The van der Waals surface area contributed by atoms with Crippen molar-refractivity contribution in [3.63, 3.8) is 0 Å². The molecule has 3 heterocycles. The summed E-state index contributed by atoms with van der Waals surface area (Å²) in [5, 5.41) is 0. The molecule has 10 heteroatoms. The van der Waals surface area contributed by atoms with Gasteiger partial charge in [0.05, 0.1) is 28.4 Å². The van der Waals surface area contributed by atoms with Crippen molar-refractivity contribution in [1.82, 2.24) is 14.3 Å². The number of para-hydroxylation sites is 2. The zero-order valence-electron chi connectivity index (χ0n) is 15.0. The number of aromatic nitrogens is 2. The molecule has 5 rings (SSSR count). The zero-order chi connectivity index (χ0) is 21.3. The highest BCUT2D eigenvalue weighted by molar-refractivity contribution is 8.03. The smallest absolute Gasteiger partial charge is 0.271 e. The number of halogens is 3. The minimum absolute atomic E-state index is 0.328. The number of hydrogen-bond donors (Lipinski definition) is 1. The molecule has 0 atom stereocenters. The Morgan fingerprint density at radius 3 is 2.10 bits per heavy atom. The van der Waals surface area contributed by atoms with Crippen molar-refractivity contribution in [2.24, 2.45) is 0 Å². The van der Waals surface area contributed by atoms with E-state index < -0.39 is 14.9 Å². The molecule has 152 valence electrons. The SMILES string of the molecule is O=C1c2ccccc2C(=O)N1SC(Cl)(Cl)Cl.c1coc(-c2nc3ccccc3[nH]2)c1. The van der Waals surface area contributed by atoms with Gasteiger partial charge in [-0.2, -0.15) is 0 Å². The van der Waals surface area contributed by atoms with E-state index in [2.05, 4.69) is 9.97 Å². The molecule has 2 aromatic heterocycles. The topological polar surface area (TPSA) is 79.2 Å². The van der Waals surface area contributed by atoms with Crippen molar-refractivity contribution in [1.29, 1.82) is 0 Å². The van der Waals surface area contributed by atoms with Crippen molar-refractivity contribution in [3.05, 3.63) is 78.1 Å². The summed E-state index contributed by atoms with van der Waals surface area (Å²) in [5.74, 6) is 0.617. The highest BCUT2D eigenvalue weighted by Gasteiger charge is 2.40. The van der Waals surface area contributed by atoms with Crippen LogP contribution in [-0.2, 0) is 0 Å². The van der Waals surface area contributed by atoms with E-state index in [1.807, 2.05) is 36.4 Å². The molecule has 6 nitrogen and oxygen atoms in total. The van der Waals surface area contributed by atoms with E-state index in [1.54, 1.807) is 30.5 Å². The van der Waals surface area contributed by atoms with E-state index in [9.17, 15) is 9.59 Å². The first-order valence-electron chi connectivity index (χ1n) is 8.56. The molecule has 0 saturated carbocycles. The van der Waals surface area contributed by atoms with Crippen LogP contribution in [-0.4, -0.2) is 29.2 Å². The number of nitrogens with one attached hydrogen (secondary N) is 1. The van der Waals surface area contributed by atoms with E-state index >= 15 is 0 Å². The van der Waals surface area contributed by atoms with Gasteiger partial charge in [0.2, 0.25) is 0 Å². The predicted octanol–water partition coefficient (Wildman–Crippen LogP) is 6.08. The standard InChI is InChI=1S/C11H8N2O.C9H4Cl3NO2S/c1-2-5-9-8(4-1)12-11(13-9)10-6-3-7-14-10;10-9(11,12)16-13-7(14)5-3-1-2-4-6(5)8(13)15/h1-7H,(H,12,13);1-4H. The summed E-state index contributed by atoms with van der Waals surface area (Å²) < 4.78 is 4.37. The van der Waals surface area contributed by atoms with Crippen molar-refractivity contribution in [2.45, 2.75) is 3.12 Å². The van der Waals surface area contributed by atoms with Gasteiger partial charge in [0.15, 0.2) is 11.6 Å². The van der Waals surface area contributed by atoms with Crippen LogP contribution in [0.2, 0.25) is 0 Å². The molecule has 4 aromatic rings. The van der Waals surface area contributed by atoms with E-state index in [4.69, 9.17) is 39.2 Å². The Kier molecular flexibility index (Phi) is 5.79. The predicted molar refractivity (Wildman–Crippen MR) is 119 cm³/mol. The molecule has 0 saturated heterocycles. The lowest BCUT2D eigenvalue weighted by Gasteiger charge is -2.17. The Hall–Kier alpha value is -2.45. The molecule has 1 aliphatic heterocycles. The summed E-state index contributed by atoms with van der Waals surface area (Å²) in [6.45, 7) is 0. The Labute approximate surface area is 190 Å². The van der Waals surface area contributed by atoms with Gasteiger partial charge in [-0.3, -0.25) is 9.59 Å². The fraction of sp³-hybridized carbons (Fsp3) is 0.0500. The fourth-order valence-corrected chi connectivity index (χ4v) is 4.03. The number of furan rings is 1. The number of carbonyl (C=O) groups excluding carboxylic acids is 2. The molecular weight excluding hydrogens is 469 g/mol. The molecule has 1 aliphatic rings. The third kappa shape index (κ3) is 4.34. The second-order valence-corrected chi connectivity index (χ2v) is 10.2. The van der Waals surface area contributed by atoms with Gasteiger partial charge < -0.3 is 9.40 Å². The molecule has 2 amide bonds. The summed E-state index contributed by atoms with van der Waals surface area (Å²) >= 11 is 17.2. The quantitative estimate of drug-likeness (QED) is 0.214. The number of alkyl halides is 3. The van der Waals surface area contributed by atoms with Crippen LogP contribution in [0.4, 0.5) is 0 Å². The number of imide groups is 1. The molecule has 2 aromatic carbocycles. The Morgan fingerprint density at radius 2 is 1.53 bits per heavy atom. The summed E-state index contributed by atoms with van der Waals surface area (Å²) in [4.78, 5) is 31.2. The van der Waals surface area contributed by atoms with Crippen LogP contribution < -0.4 is 0 Å². The zero-order valence-corrected chi connectivity index (χ0v) is 18.1. The van der Waals surface area contributed by atoms with Crippen LogP contribution in [0.15, 0.2) is 71.3 Å². The number of hydrogen-bond acceptors (Lipinski definition) is 5. The van der Waals surface area contributed by atoms with Crippen LogP contribution in [0.3, 0.4) is 0 Å². The highest BCUT2D eigenvalue weighted by Crippen LogP contribution is 2.44. The van der Waals surface area contributed by atoms with Gasteiger partial charge >= 0.3 is 0 Å². The first kappa shape index (κ1) is 20.8. The van der Waals surface area contributed by atoms with Gasteiger partial charge in [0, 0.05) is 11.9 Å². The third-order valence-corrected chi connectivity index (χ3v) is 5.44. The summed E-state index contributed by atoms with van der Waals surface area (Å²) in [6, 6.07) is 18.1. The maximum atomic E-state index is 11.8. The average molecular weight is 481 g/mol. The first-order valence-corrected chi connectivity index (χ1v) is 10.5. The lowest BCUT2D eigenvalue weighted by Crippen LogP contribution is -2.25.